The molecule has 0 spiro atoms. The number of ether oxygens (including phenoxy) is 1. The fourth-order valence-electron chi connectivity index (χ4n) is 2.08. The number of nitro groups is 1. The fourth-order valence-corrected chi connectivity index (χ4v) is 2.08. The molecule has 0 heterocycles. The van der Waals surface area contributed by atoms with E-state index < -0.39 is 4.92 Å². The average Bonchev–Trinajstić information content (AvgIpc) is 2.46. The Morgan fingerprint density at radius 3 is 2.29 bits per heavy atom. The zero-order chi connectivity index (χ0) is 15.4. The highest BCUT2D eigenvalue weighted by atomic mass is 16.6. The summed E-state index contributed by atoms with van der Waals surface area (Å²) in [5.41, 5.74) is 3.32. The molecular formula is C16H17NO4. The number of nitro benzene ring substituents is 1. The summed E-state index contributed by atoms with van der Waals surface area (Å²) in [6.45, 7) is 3.90. The van der Waals surface area contributed by atoms with E-state index in [9.17, 15) is 10.1 Å². The van der Waals surface area contributed by atoms with Gasteiger partial charge >= 0.3 is 0 Å². The van der Waals surface area contributed by atoms with Crippen LogP contribution in [0.1, 0.15) is 22.3 Å². The lowest BCUT2D eigenvalue weighted by Gasteiger charge is -2.10. The number of benzene rings is 2. The molecule has 0 fully saturated rings. The van der Waals surface area contributed by atoms with Gasteiger partial charge in [-0.05, 0) is 36.6 Å². The smallest absolute Gasteiger partial charge is 0.276 e. The molecule has 2 rings (SSSR count). The van der Waals surface area contributed by atoms with Crippen LogP contribution >= 0.6 is 0 Å². The molecule has 0 aromatic heterocycles. The third kappa shape index (κ3) is 3.58. The van der Waals surface area contributed by atoms with Crippen molar-refractivity contribution in [3.63, 3.8) is 0 Å². The molecule has 0 bridgehead atoms. The molecular weight excluding hydrogens is 270 g/mol. The van der Waals surface area contributed by atoms with Gasteiger partial charge in [0.2, 0.25) is 0 Å². The van der Waals surface area contributed by atoms with Crippen LogP contribution in [0.2, 0.25) is 0 Å². The van der Waals surface area contributed by atoms with Gasteiger partial charge in [0, 0.05) is 5.56 Å². The monoisotopic (exact) mass is 287 g/mol. The van der Waals surface area contributed by atoms with E-state index in [1.807, 2.05) is 31.2 Å². The van der Waals surface area contributed by atoms with Gasteiger partial charge in [-0.15, -0.1) is 0 Å². The second-order valence-electron chi connectivity index (χ2n) is 4.92. The summed E-state index contributed by atoms with van der Waals surface area (Å²) in [7, 11) is 0. The predicted molar refractivity (Wildman–Crippen MR) is 79.3 cm³/mol. The minimum atomic E-state index is -0.405. The van der Waals surface area contributed by atoms with Crippen molar-refractivity contribution in [2.45, 2.75) is 27.1 Å². The SMILES string of the molecule is Cc1cc(C)c([N+](=O)[O-])cc1OCc1ccc(CO)cc1. The zero-order valence-corrected chi connectivity index (χ0v) is 12.0. The highest BCUT2D eigenvalue weighted by molar-refractivity contribution is 5.49. The molecule has 110 valence electrons. The van der Waals surface area contributed by atoms with Gasteiger partial charge in [-0.1, -0.05) is 24.3 Å². The fraction of sp³-hybridized carbons (Fsp3) is 0.250. The Morgan fingerprint density at radius 1 is 1.10 bits per heavy atom. The molecule has 0 unspecified atom stereocenters. The summed E-state index contributed by atoms with van der Waals surface area (Å²) >= 11 is 0. The van der Waals surface area contributed by atoms with Crippen LogP contribution in [0.25, 0.3) is 0 Å². The number of rotatable bonds is 5. The van der Waals surface area contributed by atoms with Crippen molar-refractivity contribution < 1.29 is 14.8 Å². The summed E-state index contributed by atoms with van der Waals surface area (Å²) in [6, 6.07) is 10.6. The standard InChI is InChI=1S/C16H17NO4/c1-11-7-12(2)16(8-15(11)17(19)20)21-10-14-5-3-13(9-18)4-6-14/h3-8,18H,9-10H2,1-2H3. The van der Waals surface area contributed by atoms with Gasteiger partial charge in [-0.25, -0.2) is 0 Å². The van der Waals surface area contributed by atoms with Crippen molar-refractivity contribution in [2.24, 2.45) is 0 Å². The predicted octanol–water partition coefficient (Wildman–Crippen LogP) is 3.28. The quantitative estimate of drug-likeness (QED) is 0.676. The molecule has 0 aliphatic rings. The van der Waals surface area contributed by atoms with Crippen molar-refractivity contribution >= 4 is 5.69 Å². The van der Waals surface area contributed by atoms with Crippen LogP contribution in [0.3, 0.4) is 0 Å². The van der Waals surface area contributed by atoms with E-state index >= 15 is 0 Å². The Kier molecular flexibility index (Phi) is 4.55. The molecule has 21 heavy (non-hydrogen) atoms. The molecule has 2 aromatic carbocycles. The Morgan fingerprint density at radius 2 is 1.71 bits per heavy atom. The van der Waals surface area contributed by atoms with Gasteiger partial charge in [0.05, 0.1) is 17.6 Å². The minimum Gasteiger partial charge on any atom is -0.488 e. The van der Waals surface area contributed by atoms with Crippen molar-refractivity contribution in [3.05, 3.63) is 68.8 Å². The molecule has 5 heteroatoms. The summed E-state index contributed by atoms with van der Waals surface area (Å²) in [5, 5.41) is 19.9. The lowest BCUT2D eigenvalue weighted by Crippen LogP contribution is -2.00. The summed E-state index contributed by atoms with van der Waals surface area (Å²) in [4.78, 5) is 10.6. The van der Waals surface area contributed by atoms with Crippen molar-refractivity contribution in [1.29, 1.82) is 0 Å². The number of hydrogen-bond donors (Lipinski definition) is 1. The largest absolute Gasteiger partial charge is 0.488 e. The molecule has 0 amide bonds. The first kappa shape index (κ1) is 15.0. The van der Waals surface area contributed by atoms with Crippen LogP contribution < -0.4 is 4.74 Å². The van der Waals surface area contributed by atoms with Gasteiger partial charge < -0.3 is 9.84 Å². The average molecular weight is 287 g/mol. The molecule has 0 aliphatic heterocycles. The third-order valence-corrected chi connectivity index (χ3v) is 3.29. The van der Waals surface area contributed by atoms with E-state index in [2.05, 4.69) is 0 Å². The van der Waals surface area contributed by atoms with Gasteiger partial charge in [-0.2, -0.15) is 0 Å². The molecule has 0 atom stereocenters. The lowest BCUT2D eigenvalue weighted by molar-refractivity contribution is -0.385. The Hall–Kier alpha value is -2.40. The van der Waals surface area contributed by atoms with E-state index in [0.29, 0.717) is 17.9 Å². The zero-order valence-electron chi connectivity index (χ0n) is 12.0. The first-order valence-corrected chi connectivity index (χ1v) is 6.58. The van der Waals surface area contributed by atoms with Crippen LogP contribution in [0, 0.1) is 24.0 Å². The minimum absolute atomic E-state index is 0.00437. The first-order valence-electron chi connectivity index (χ1n) is 6.58. The molecule has 2 aromatic rings. The number of aryl methyl sites for hydroxylation is 2. The van der Waals surface area contributed by atoms with Crippen LogP contribution in [0.15, 0.2) is 36.4 Å². The molecule has 0 aliphatic carbocycles. The number of nitrogens with zero attached hydrogens (tertiary/aromatic N) is 1. The summed E-state index contributed by atoms with van der Waals surface area (Å²) in [6.07, 6.45) is 0. The normalized spacial score (nSPS) is 10.4. The molecule has 5 nitrogen and oxygen atoms in total. The van der Waals surface area contributed by atoms with Crippen LogP contribution in [-0.2, 0) is 13.2 Å². The number of hydrogen-bond acceptors (Lipinski definition) is 4. The van der Waals surface area contributed by atoms with Gasteiger partial charge in [0.1, 0.15) is 12.4 Å². The Bertz CT molecular complexity index is 650. The molecule has 1 N–H and O–H groups in total. The topological polar surface area (TPSA) is 72.6 Å². The summed E-state index contributed by atoms with van der Waals surface area (Å²) in [5.74, 6) is 0.513. The molecule has 0 saturated carbocycles. The Balaban J connectivity index is 2.15. The Labute approximate surface area is 123 Å². The van der Waals surface area contributed by atoms with Crippen LogP contribution in [0.4, 0.5) is 5.69 Å². The molecule has 0 saturated heterocycles. The van der Waals surface area contributed by atoms with Gasteiger partial charge in [-0.3, -0.25) is 10.1 Å². The van der Waals surface area contributed by atoms with Crippen molar-refractivity contribution in [2.75, 3.05) is 0 Å². The molecule has 0 radical (unpaired) electrons. The van der Waals surface area contributed by atoms with E-state index in [4.69, 9.17) is 9.84 Å². The highest BCUT2D eigenvalue weighted by Gasteiger charge is 2.14. The second-order valence-corrected chi connectivity index (χ2v) is 4.92. The van der Waals surface area contributed by atoms with E-state index in [1.165, 1.54) is 6.07 Å². The first-order chi connectivity index (χ1) is 10.0. The van der Waals surface area contributed by atoms with E-state index in [1.54, 1.807) is 13.0 Å². The third-order valence-electron chi connectivity index (χ3n) is 3.29. The van der Waals surface area contributed by atoms with Crippen LogP contribution in [0.5, 0.6) is 5.75 Å². The van der Waals surface area contributed by atoms with E-state index in [0.717, 1.165) is 16.7 Å². The maximum Gasteiger partial charge on any atom is 0.276 e. The second kappa shape index (κ2) is 6.37. The number of aliphatic hydroxyl groups is 1. The van der Waals surface area contributed by atoms with Gasteiger partial charge in [0.15, 0.2) is 0 Å². The van der Waals surface area contributed by atoms with E-state index in [-0.39, 0.29) is 12.3 Å². The maximum atomic E-state index is 11.0. The summed E-state index contributed by atoms with van der Waals surface area (Å²) < 4.78 is 5.68. The van der Waals surface area contributed by atoms with Gasteiger partial charge in [0.25, 0.3) is 5.69 Å². The number of aliphatic hydroxyl groups excluding tert-OH is 1. The van der Waals surface area contributed by atoms with Crippen LogP contribution in [-0.4, -0.2) is 10.0 Å². The lowest BCUT2D eigenvalue weighted by atomic mass is 10.1. The highest BCUT2D eigenvalue weighted by Crippen LogP contribution is 2.28. The van der Waals surface area contributed by atoms with Crippen molar-refractivity contribution in [3.8, 4) is 5.75 Å². The van der Waals surface area contributed by atoms with Crippen molar-refractivity contribution in [1.82, 2.24) is 0 Å². The maximum absolute atomic E-state index is 11.0.